The molecule has 0 saturated heterocycles. The number of benzene rings is 2. The quantitative estimate of drug-likeness (QED) is 0.520. The van der Waals surface area contributed by atoms with Gasteiger partial charge in [-0.05, 0) is 11.1 Å². The van der Waals surface area contributed by atoms with Gasteiger partial charge in [0.1, 0.15) is 0 Å². The summed E-state index contributed by atoms with van der Waals surface area (Å²) in [6.07, 6.45) is -0.407. The third-order valence-electron chi connectivity index (χ3n) is 2.84. The maximum atomic E-state index is 12.6. The minimum atomic E-state index is -3.52. The Hall–Kier alpha value is -1.94. The molecule has 0 heterocycles. The largest absolute Gasteiger partial charge is 0.455 e. The first kappa shape index (κ1) is 16.4. The summed E-state index contributed by atoms with van der Waals surface area (Å²) in [6, 6.07) is 18.6. The molecule has 0 unspecified atom stereocenters. The van der Waals surface area contributed by atoms with Gasteiger partial charge < -0.3 is 13.8 Å². The smallest absolute Gasteiger partial charge is 0.368 e. The van der Waals surface area contributed by atoms with Crippen molar-refractivity contribution in [2.45, 2.75) is 13.2 Å². The van der Waals surface area contributed by atoms with Crippen molar-refractivity contribution in [2.24, 2.45) is 0 Å². The number of hydrogen-bond acceptors (Lipinski definition) is 5. The average molecular weight is 320 g/mol. The molecule has 2 aromatic carbocycles. The van der Waals surface area contributed by atoms with Gasteiger partial charge in [-0.15, -0.1) is 0 Å². The van der Waals surface area contributed by atoms with Crippen LogP contribution in [0.3, 0.4) is 0 Å². The molecule has 0 bridgehead atoms. The second kappa shape index (κ2) is 8.49. The van der Waals surface area contributed by atoms with Gasteiger partial charge in [-0.2, -0.15) is 0 Å². The Morgan fingerprint density at radius 2 is 1.27 bits per heavy atom. The minimum absolute atomic E-state index is 0.120. The summed E-state index contributed by atoms with van der Waals surface area (Å²) in [6.45, 7) is 0.467. The van der Waals surface area contributed by atoms with Gasteiger partial charge in [0.25, 0.3) is 6.47 Å². The summed E-state index contributed by atoms with van der Waals surface area (Å²) in [5, 5.41) is 0. The lowest BCUT2D eigenvalue weighted by Gasteiger charge is -2.17. The first-order valence-corrected chi connectivity index (χ1v) is 8.46. The number of carbonyl (C=O) groups is 1. The fourth-order valence-corrected chi connectivity index (χ4v) is 2.89. The number of rotatable bonds is 9. The second-order valence-electron chi connectivity index (χ2n) is 4.52. The predicted molar refractivity (Wildman–Crippen MR) is 82.1 cm³/mol. The molecular weight excluding hydrogens is 303 g/mol. The highest BCUT2D eigenvalue weighted by atomic mass is 31.2. The Morgan fingerprint density at radius 3 is 1.68 bits per heavy atom. The van der Waals surface area contributed by atoms with Crippen LogP contribution in [0.25, 0.3) is 0 Å². The number of carbonyl (C=O) groups excluding carboxylic acids is 1. The van der Waals surface area contributed by atoms with Gasteiger partial charge in [-0.3, -0.25) is 9.36 Å². The van der Waals surface area contributed by atoms with Crippen LogP contribution in [0, 0.1) is 0 Å². The van der Waals surface area contributed by atoms with Gasteiger partial charge in [0.05, 0.1) is 13.2 Å². The zero-order valence-electron chi connectivity index (χ0n) is 12.0. The van der Waals surface area contributed by atoms with Crippen molar-refractivity contribution in [1.29, 1.82) is 0 Å². The molecule has 6 heteroatoms. The predicted octanol–water partition coefficient (Wildman–Crippen LogP) is 3.74. The molecular formula is C16H17O5P. The maximum absolute atomic E-state index is 12.6. The van der Waals surface area contributed by atoms with E-state index in [1.165, 1.54) is 0 Å². The SMILES string of the molecule is O=COCP(=O)(OCc1ccccc1)OCc1ccccc1. The lowest BCUT2D eigenvalue weighted by molar-refractivity contribution is -0.127. The minimum Gasteiger partial charge on any atom is -0.455 e. The second-order valence-corrected chi connectivity index (χ2v) is 6.52. The summed E-state index contributed by atoms with van der Waals surface area (Å²) >= 11 is 0. The van der Waals surface area contributed by atoms with E-state index in [1.807, 2.05) is 60.7 Å². The fourth-order valence-electron chi connectivity index (χ4n) is 1.73. The highest BCUT2D eigenvalue weighted by molar-refractivity contribution is 7.53. The standard InChI is InChI=1S/C16H17O5P/c17-13-19-14-22(18,20-11-15-7-3-1-4-8-15)21-12-16-9-5-2-6-10-16/h1-10,13H,11-12,14H2. The van der Waals surface area contributed by atoms with Gasteiger partial charge in [0.2, 0.25) is 0 Å². The highest BCUT2D eigenvalue weighted by Crippen LogP contribution is 2.49. The highest BCUT2D eigenvalue weighted by Gasteiger charge is 2.26. The molecule has 0 aromatic heterocycles. The monoisotopic (exact) mass is 320 g/mol. The van der Waals surface area contributed by atoms with Crippen molar-refractivity contribution in [3.63, 3.8) is 0 Å². The van der Waals surface area contributed by atoms with Crippen molar-refractivity contribution in [3.05, 3.63) is 71.8 Å². The van der Waals surface area contributed by atoms with Crippen molar-refractivity contribution < 1.29 is 23.1 Å². The van der Waals surface area contributed by atoms with E-state index in [-0.39, 0.29) is 19.7 Å². The van der Waals surface area contributed by atoms with Gasteiger partial charge in [0, 0.05) is 0 Å². The molecule has 22 heavy (non-hydrogen) atoms. The summed E-state index contributed by atoms with van der Waals surface area (Å²) in [4.78, 5) is 10.3. The molecule has 0 N–H and O–H groups in total. The van der Waals surface area contributed by atoms with Crippen LogP contribution in [-0.4, -0.2) is 12.8 Å². The average Bonchev–Trinajstić information content (AvgIpc) is 2.59. The fraction of sp³-hybridized carbons (Fsp3) is 0.188. The van der Waals surface area contributed by atoms with Crippen molar-refractivity contribution in [3.8, 4) is 0 Å². The molecule has 0 spiro atoms. The van der Waals surface area contributed by atoms with Crippen molar-refractivity contribution >= 4 is 14.1 Å². The summed E-state index contributed by atoms with van der Waals surface area (Å²) < 4.78 is 28.0. The lowest BCUT2D eigenvalue weighted by Crippen LogP contribution is -2.03. The molecule has 0 saturated carbocycles. The third kappa shape index (κ3) is 5.45. The van der Waals surface area contributed by atoms with Crippen LogP contribution < -0.4 is 0 Å². The third-order valence-corrected chi connectivity index (χ3v) is 4.35. The van der Waals surface area contributed by atoms with E-state index < -0.39 is 13.9 Å². The van der Waals surface area contributed by atoms with E-state index in [2.05, 4.69) is 4.74 Å². The van der Waals surface area contributed by atoms with Crippen LogP contribution in [0.5, 0.6) is 0 Å². The Labute approximate surface area is 129 Å². The first-order valence-electron chi connectivity index (χ1n) is 6.73. The van der Waals surface area contributed by atoms with E-state index in [0.29, 0.717) is 0 Å². The van der Waals surface area contributed by atoms with E-state index in [9.17, 15) is 9.36 Å². The lowest BCUT2D eigenvalue weighted by atomic mass is 10.2. The molecule has 0 atom stereocenters. The van der Waals surface area contributed by atoms with E-state index in [4.69, 9.17) is 9.05 Å². The molecule has 2 aromatic rings. The molecule has 5 nitrogen and oxygen atoms in total. The van der Waals surface area contributed by atoms with Gasteiger partial charge in [0.15, 0.2) is 6.35 Å². The number of hydrogen-bond donors (Lipinski definition) is 0. The molecule has 0 aliphatic carbocycles. The molecule has 0 radical (unpaired) electrons. The van der Waals surface area contributed by atoms with Crippen LogP contribution in [0.1, 0.15) is 11.1 Å². The molecule has 0 aliphatic rings. The topological polar surface area (TPSA) is 61.8 Å². The van der Waals surface area contributed by atoms with Gasteiger partial charge >= 0.3 is 7.60 Å². The summed E-state index contributed by atoms with van der Waals surface area (Å²) in [5.41, 5.74) is 1.72. The van der Waals surface area contributed by atoms with Crippen molar-refractivity contribution in [1.82, 2.24) is 0 Å². The summed E-state index contributed by atoms with van der Waals surface area (Å²) in [7, 11) is -3.52. The maximum Gasteiger partial charge on any atom is 0.368 e. The van der Waals surface area contributed by atoms with Crippen LogP contribution in [0.15, 0.2) is 60.7 Å². The van der Waals surface area contributed by atoms with E-state index >= 15 is 0 Å². The van der Waals surface area contributed by atoms with E-state index in [0.717, 1.165) is 11.1 Å². The van der Waals surface area contributed by atoms with Gasteiger partial charge in [-0.25, -0.2) is 0 Å². The molecule has 116 valence electrons. The number of ether oxygens (including phenoxy) is 1. The molecule has 0 amide bonds. The van der Waals surface area contributed by atoms with Gasteiger partial charge in [-0.1, -0.05) is 60.7 Å². The zero-order valence-corrected chi connectivity index (χ0v) is 12.9. The van der Waals surface area contributed by atoms with E-state index in [1.54, 1.807) is 0 Å². The zero-order chi connectivity index (χ0) is 15.7. The van der Waals surface area contributed by atoms with Crippen LogP contribution >= 0.6 is 7.60 Å². The Kier molecular flexibility index (Phi) is 6.34. The van der Waals surface area contributed by atoms with Crippen LogP contribution in [0.4, 0.5) is 0 Å². The van der Waals surface area contributed by atoms with Crippen LogP contribution in [0.2, 0.25) is 0 Å². The Balaban J connectivity index is 1.96. The van der Waals surface area contributed by atoms with Crippen LogP contribution in [-0.2, 0) is 36.4 Å². The molecule has 2 rings (SSSR count). The normalized spacial score (nSPS) is 11.1. The summed E-state index contributed by atoms with van der Waals surface area (Å²) in [5.74, 6) is 0. The van der Waals surface area contributed by atoms with Crippen molar-refractivity contribution in [2.75, 3.05) is 6.35 Å². The Bertz CT molecular complexity index is 567. The molecule has 0 fully saturated rings. The first-order chi connectivity index (χ1) is 10.7. The Morgan fingerprint density at radius 1 is 0.818 bits per heavy atom. The molecule has 0 aliphatic heterocycles.